The smallest absolute Gasteiger partial charge is 0.127 e. The number of rotatable bonds is 4. The number of aliphatic hydroxyl groups is 2. The van der Waals surface area contributed by atoms with Crippen LogP contribution in [0, 0.1) is 18.6 Å². The largest absolute Gasteiger partial charge is 0.508 e. The number of hydrogen-bond acceptors (Lipinski definition) is 3. The van der Waals surface area contributed by atoms with E-state index in [4.69, 9.17) is 0 Å². The third-order valence-electron chi connectivity index (χ3n) is 9.39. The summed E-state index contributed by atoms with van der Waals surface area (Å²) in [5, 5.41) is 30.9. The van der Waals surface area contributed by atoms with Crippen LogP contribution in [0.25, 0.3) is 0 Å². The molecule has 42 heavy (non-hydrogen) atoms. The highest BCUT2D eigenvalue weighted by Crippen LogP contribution is 2.47. The Hall–Kier alpha value is -3.54. The van der Waals surface area contributed by atoms with E-state index in [0.29, 0.717) is 24.0 Å². The lowest BCUT2D eigenvalue weighted by Gasteiger charge is -2.42. The van der Waals surface area contributed by atoms with Gasteiger partial charge < -0.3 is 15.3 Å². The van der Waals surface area contributed by atoms with Gasteiger partial charge in [0.05, 0.1) is 12.2 Å². The van der Waals surface area contributed by atoms with Crippen molar-refractivity contribution in [2.75, 3.05) is 0 Å². The molecule has 2 aliphatic carbocycles. The number of phenols is 1. The van der Waals surface area contributed by atoms with Gasteiger partial charge in [-0.2, -0.15) is 0 Å². The van der Waals surface area contributed by atoms with Crippen molar-refractivity contribution in [3.8, 4) is 5.75 Å². The molecule has 0 aliphatic heterocycles. The number of phenolic OH excluding ortho intramolecular Hbond substituents is 1. The molecule has 4 unspecified atom stereocenters. The molecule has 6 rings (SSSR count). The highest BCUT2D eigenvalue weighted by atomic mass is 19.1. The van der Waals surface area contributed by atoms with Crippen molar-refractivity contribution in [1.82, 2.24) is 0 Å². The summed E-state index contributed by atoms with van der Waals surface area (Å²) < 4.78 is 28.8. The van der Waals surface area contributed by atoms with E-state index in [2.05, 4.69) is 0 Å². The van der Waals surface area contributed by atoms with Crippen LogP contribution in [0.15, 0.2) is 97.1 Å². The van der Waals surface area contributed by atoms with Gasteiger partial charge >= 0.3 is 0 Å². The molecule has 2 saturated carbocycles. The normalized spacial score (nSPS) is 25.7. The van der Waals surface area contributed by atoms with Gasteiger partial charge in [0.2, 0.25) is 0 Å². The van der Waals surface area contributed by atoms with Crippen LogP contribution in [0.5, 0.6) is 5.75 Å². The fraction of sp³-hybridized carbons (Fsp3) is 0.351. The Morgan fingerprint density at radius 1 is 0.571 bits per heavy atom. The van der Waals surface area contributed by atoms with Crippen LogP contribution in [0.1, 0.15) is 79.2 Å². The Balaban J connectivity index is 0.000000168. The lowest BCUT2D eigenvalue weighted by Crippen LogP contribution is -2.44. The fourth-order valence-corrected chi connectivity index (χ4v) is 7.18. The average molecular weight is 571 g/mol. The third-order valence-corrected chi connectivity index (χ3v) is 9.39. The maximum Gasteiger partial charge on any atom is 0.127 e. The Morgan fingerprint density at radius 3 is 1.38 bits per heavy atom. The van der Waals surface area contributed by atoms with Gasteiger partial charge in [-0.1, -0.05) is 104 Å². The number of aliphatic hydroxyl groups excluding tert-OH is 2. The van der Waals surface area contributed by atoms with E-state index in [1.807, 2.05) is 49.4 Å². The van der Waals surface area contributed by atoms with Gasteiger partial charge in [0, 0.05) is 22.0 Å². The van der Waals surface area contributed by atoms with Gasteiger partial charge in [-0.15, -0.1) is 0 Å². The fourth-order valence-electron chi connectivity index (χ4n) is 7.18. The third kappa shape index (κ3) is 5.60. The second kappa shape index (κ2) is 12.8. The molecule has 3 nitrogen and oxygen atoms in total. The number of halogens is 2. The van der Waals surface area contributed by atoms with E-state index in [1.54, 1.807) is 42.5 Å². The van der Waals surface area contributed by atoms with E-state index >= 15 is 0 Å². The van der Waals surface area contributed by atoms with Crippen LogP contribution in [0.2, 0.25) is 0 Å². The Kier molecular flexibility index (Phi) is 9.10. The molecular weight excluding hydrogens is 530 g/mol. The van der Waals surface area contributed by atoms with Crippen molar-refractivity contribution in [1.29, 1.82) is 0 Å². The van der Waals surface area contributed by atoms with Crippen molar-refractivity contribution in [3.63, 3.8) is 0 Å². The van der Waals surface area contributed by atoms with E-state index in [1.165, 1.54) is 17.7 Å². The number of aryl methyl sites for hydroxylation is 1. The van der Waals surface area contributed by atoms with Gasteiger partial charge in [0.1, 0.15) is 17.4 Å². The maximum atomic E-state index is 14.4. The molecule has 4 atom stereocenters. The summed E-state index contributed by atoms with van der Waals surface area (Å²) >= 11 is 0. The highest BCUT2D eigenvalue weighted by Gasteiger charge is 2.45. The minimum Gasteiger partial charge on any atom is -0.508 e. The second-order valence-electron chi connectivity index (χ2n) is 11.8. The molecule has 4 aromatic rings. The molecule has 5 heteroatoms. The summed E-state index contributed by atoms with van der Waals surface area (Å²) in [6.45, 7) is 2.04. The van der Waals surface area contributed by atoms with Crippen LogP contribution in [0.4, 0.5) is 8.78 Å². The van der Waals surface area contributed by atoms with Gasteiger partial charge in [-0.05, 0) is 68.0 Å². The zero-order valence-electron chi connectivity index (χ0n) is 24.1. The van der Waals surface area contributed by atoms with E-state index in [0.717, 1.165) is 49.7 Å². The van der Waals surface area contributed by atoms with Gasteiger partial charge in [-0.25, -0.2) is 8.78 Å². The lowest BCUT2D eigenvalue weighted by molar-refractivity contribution is 0.0618. The van der Waals surface area contributed by atoms with E-state index in [9.17, 15) is 24.1 Å². The molecule has 3 N–H and O–H groups in total. The summed E-state index contributed by atoms with van der Waals surface area (Å²) in [5.74, 6) is -0.335. The zero-order chi connectivity index (χ0) is 29.7. The molecule has 2 aliphatic rings. The molecule has 220 valence electrons. The van der Waals surface area contributed by atoms with E-state index in [-0.39, 0.29) is 17.4 Å². The molecule has 2 fully saturated rings. The molecule has 0 heterocycles. The molecular formula is C37H40F2O3. The minimum absolute atomic E-state index is 0.174. The van der Waals surface area contributed by atoms with Crippen LogP contribution in [-0.2, 0) is 10.8 Å². The second-order valence-corrected chi connectivity index (χ2v) is 11.8. The lowest BCUT2D eigenvalue weighted by atomic mass is 9.63. The molecule has 0 saturated heterocycles. The molecule has 4 aromatic carbocycles. The van der Waals surface area contributed by atoms with Gasteiger partial charge in [0.25, 0.3) is 0 Å². The Bertz CT molecular complexity index is 1360. The Labute approximate surface area is 247 Å². The van der Waals surface area contributed by atoms with E-state index < -0.39 is 23.0 Å². The number of benzene rings is 4. The first-order chi connectivity index (χ1) is 20.3. The van der Waals surface area contributed by atoms with Crippen LogP contribution < -0.4 is 0 Å². The average Bonchev–Trinajstić information content (AvgIpc) is 3.00. The number of aromatic hydroxyl groups is 1. The van der Waals surface area contributed by atoms with Gasteiger partial charge in [0.15, 0.2) is 0 Å². The van der Waals surface area contributed by atoms with Crippen molar-refractivity contribution in [2.24, 2.45) is 0 Å². The molecule has 0 bridgehead atoms. The van der Waals surface area contributed by atoms with Crippen molar-refractivity contribution < 1.29 is 24.1 Å². The first-order valence-corrected chi connectivity index (χ1v) is 15.0. The predicted molar refractivity (Wildman–Crippen MR) is 163 cm³/mol. The molecule has 0 aromatic heterocycles. The maximum absolute atomic E-state index is 14.4. The summed E-state index contributed by atoms with van der Waals surface area (Å²) in [7, 11) is 0. The van der Waals surface area contributed by atoms with Crippen LogP contribution in [0.3, 0.4) is 0 Å². The molecule has 0 amide bonds. The first kappa shape index (κ1) is 29.9. The highest BCUT2D eigenvalue weighted by molar-refractivity contribution is 5.45. The van der Waals surface area contributed by atoms with Crippen LogP contribution >= 0.6 is 0 Å². The summed E-state index contributed by atoms with van der Waals surface area (Å²) in [5.41, 5.74) is 2.88. The van der Waals surface area contributed by atoms with Crippen molar-refractivity contribution in [3.05, 3.63) is 137 Å². The molecule has 0 radical (unpaired) electrons. The summed E-state index contributed by atoms with van der Waals surface area (Å²) in [6.07, 6.45) is 5.65. The van der Waals surface area contributed by atoms with Crippen molar-refractivity contribution in [2.45, 2.75) is 81.3 Å². The summed E-state index contributed by atoms with van der Waals surface area (Å²) in [6, 6.07) is 28.5. The predicted octanol–water partition coefficient (Wildman–Crippen LogP) is 8.11. The Morgan fingerprint density at radius 2 is 0.976 bits per heavy atom. The standard InChI is InChI=1S/C19H21FO.C18H19FO2/c1-14-9-11-15(12-10-14)19(13-5-4-8-18(19)21)16-6-2-3-7-17(16)20;19-16-6-2-1-5-15(16)18(12-4-3-7-17(18)21)13-8-10-14(20)11-9-13/h2-3,6-7,9-12,18,21H,4-5,8,13H2,1H3;1-2,5-6,8-11,17,20-21H,3-4,7,12H2. The zero-order valence-corrected chi connectivity index (χ0v) is 24.1. The monoisotopic (exact) mass is 570 g/mol. The SMILES string of the molecule is Cc1ccc(C2(c3ccccc3F)CCCCC2O)cc1.Oc1ccc(C2(c3ccccc3F)CCCCC2O)cc1. The minimum atomic E-state index is -0.725. The first-order valence-electron chi connectivity index (χ1n) is 15.0. The quantitative estimate of drug-likeness (QED) is 0.232. The number of hydrogen-bond donors (Lipinski definition) is 3. The van der Waals surface area contributed by atoms with Crippen LogP contribution in [-0.4, -0.2) is 27.5 Å². The summed E-state index contributed by atoms with van der Waals surface area (Å²) in [4.78, 5) is 0. The topological polar surface area (TPSA) is 60.7 Å². The van der Waals surface area contributed by atoms with Gasteiger partial charge in [-0.3, -0.25) is 0 Å². The van der Waals surface area contributed by atoms with Crippen molar-refractivity contribution >= 4 is 0 Å². The molecule has 0 spiro atoms.